The number of benzene rings is 1. The largest absolute Gasteiger partial charge is 0.480 e. The molecule has 1 unspecified atom stereocenters. The normalized spacial score (nSPS) is 11.9. The molecule has 1 aromatic heterocycles. The highest BCUT2D eigenvalue weighted by Gasteiger charge is 2.26. The van der Waals surface area contributed by atoms with Crippen molar-refractivity contribution in [2.75, 3.05) is 13.3 Å². The standard InChI is InChI=1S/C20H25N3O3S/c1-13-16(14(2)22-20(21-13)27-4)10-11-18(24)23(3)17(19(25)26)12-15-8-6-5-7-9-15/h5-9,17H,10-12H2,1-4H3,(H,25,26). The lowest BCUT2D eigenvalue weighted by atomic mass is 10.0. The van der Waals surface area contributed by atoms with Gasteiger partial charge in [-0.3, -0.25) is 4.79 Å². The van der Waals surface area contributed by atoms with Gasteiger partial charge in [0.15, 0.2) is 5.16 Å². The van der Waals surface area contributed by atoms with Crippen LogP contribution in [0.25, 0.3) is 0 Å². The molecule has 0 aliphatic rings. The lowest BCUT2D eigenvalue weighted by Crippen LogP contribution is -2.44. The second kappa shape index (κ2) is 9.50. The average Bonchev–Trinajstić information content (AvgIpc) is 2.65. The van der Waals surface area contributed by atoms with Crippen molar-refractivity contribution >= 4 is 23.6 Å². The minimum Gasteiger partial charge on any atom is -0.480 e. The van der Waals surface area contributed by atoms with Crippen molar-refractivity contribution in [2.24, 2.45) is 0 Å². The van der Waals surface area contributed by atoms with E-state index in [0.29, 0.717) is 11.6 Å². The van der Waals surface area contributed by atoms with Crippen LogP contribution in [0.4, 0.5) is 0 Å². The van der Waals surface area contributed by atoms with E-state index in [1.807, 2.05) is 50.4 Å². The van der Waals surface area contributed by atoms with Crippen LogP contribution in [0.1, 0.15) is 28.9 Å². The van der Waals surface area contributed by atoms with Gasteiger partial charge in [0.25, 0.3) is 0 Å². The molecule has 0 fully saturated rings. The molecule has 27 heavy (non-hydrogen) atoms. The highest BCUT2D eigenvalue weighted by Crippen LogP contribution is 2.18. The Balaban J connectivity index is 2.06. The van der Waals surface area contributed by atoms with E-state index in [1.165, 1.54) is 16.7 Å². The van der Waals surface area contributed by atoms with E-state index in [0.717, 1.165) is 22.5 Å². The molecule has 0 bridgehead atoms. The summed E-state index contributed by atoms with van der Waals surface area (Å²) >= 11 is 1.48. The second-order valence-corrected chi connectivity index (χ2v) is 7.18. The number of carboxylic acid groups (broad SMARTS) is 1. The molecule has 0 aliphatic heterocycles. The average molecular weight is 388 g/mol. The Labute approximate surface area is 164 Å². The number of carbonyl (C=O) groups excluding carboxylic acids is 1. The molecule has 7 heteroatoms. The molecule has 0 saturated heterocycles. The van der Waals surface area contributed by atoms with Gasteiger partial charge in [-0.1, -0.05) is 42.1 Å². The maximum atomic E-state index is 12.6. The quantitative estimate of drug-likeness (QED) is 0.554. The van der Waals surface area contributed by atoms with Gasteiger partial charge in [0, 0.05) is 31.3 Å². The summed E-state index contributed by atoms with van der Waals surface area (Å²) in [6.45, 7) is 3.82. The van der Waals surface area contributed by atoms with E-state index < -0.39 is 12.0 Å². The van der Waals surface area contributed by atoms with Crippen LogP contribution in [0, 0.1) is 13.8 Å². The lowest BCUT2D eigenvalue weighted by Gasteiger charge is -2.25. The molecule has 2 rings (SSSR count). The van der Waals surface area contributed by atoms with Crippen molar-refractivity contribution in [1.82, 2.24) is 14.9 Å². The number of rotatable bonds is 8. The molecule has 1 amide bonds. The van der Waals surface area contributed by atoms with Gasteiger partial charge in [-0.25, -0.2) is 14.8 Å². The molecule has 1 heterocycles. The van der Waals surface area contributed by atoms with Crippen molar-refractivity contribution in [2.45, 2.75) is 44.3 Å². The summed E-state index contributed by atoms with van der Waals surface area (Å²) in [6, 6.07) is 8.44. The molecule has 144 valence electrons. The van der Waals surface area contributed by atoms with Crippen molar-refractivity contribution in [3.8, 4) is 0 Å². The first-order chi connectivity index (χ1) is 12.8. The molecule has 6 nitrogen and oxygen atoms in total. The molecule has 1 atom stereocenters. The first-order valence-corrected chi connectivity index (χ1v) is 9.96. The monoisotopic (exact) mass is 387 g/mol. The predicted octanol–water partition coefficient (Wildman–Crippen LogP) is 2.90. The Hall–Kier alpha value is -2.41. The molecule has 2 aromatic rings. The fourth-order valence-corrected chi connectivity index (χ4v) is 3.43. The molecule has 0 aliphatic carbocycles. The molecular formula is C20H25N3O3S. The number of hydrogen-bond donors (Lipinski definition) is 1. The summed E-state index contributed by atoms with van der Waals surface area (Å²) in [5, 5.41) is 10.3. The van der Waals surface area contributed by atoms with Gasteiger partial charge in [0.1, 0.15) is 6.04 Å². The summed E-state index contributed by atoms with van der Waals surface area (Å²) in [5.74, 6) is -1.21. The molecule has 1 aromatic carbocycles. The van der Waals surface area contributed by atoms with Crippen LogP contribution in [-0.2, 0) is 22.4 Å². The molecule has 1 N–H and O–H groups in total. The van der Waals surface area contributed by atoms with Gasteiger partial charge >= 0.3 is 5.97 Å². The van der Waals surface area contributed by atoms with Crippen LogP contribution in [0.3, 0.4) is 0 Å². The van der Waals surface area contributed by atoms with E-state index in [2.05, 4.69) is 9.97 Å². The van der Waals surface area contributed by atoms with E-state index in [4.69, 9.17) is 0 Å². The first-order valence-electron chi connectivity index (χ1n) is 8.74. The smallest absolute Gasteiger partial charge is 0.326 e. The number of carboxylic acids is 1. The fourth-order valence-electron chi connectivity index (χ4n) is 2.97. The van der Waals surface area contributed by atoms with Gasteiger partial charge in [0.05, 0.1) is 0 Å². The summed E-state index contributed by atoms with van der Waals surface area (Å²) in [6.07, 6.45) is 2.92. The number of aliphatic carboxylic acids is 1. The molecule has 0 spiro atoms. The Kier molecular flexibility index (Phi) is 7.36. The van der Waals surface area contributed by atoms with Gasteiger partial charge in [-0.2, -0.15) is 0 Å². The van der Waals surface area contributed by atoms with Crippen molar-refractivity contribution in [3.63, 3.8) is 0 Å². The Morgan fingerprint density at radius 2 is 1.74 bits per heavy atom. The van der Waals surface area contributed by atoms with Gasteiger partial charge in [0.2, 0.25) is 5.91 Å². The molecule has 0 radical (unpaired) electrons. The van der Waals surface area contributed by atoms with Gasteiger partial charge in [-0.15, -0.1) is 0 Å². The van der Waals surface area contributed by atoms with Crippen LogP contribution in [0.2, 0.25) is 0 Å². The lowest BCUT2D eigenvalue weighted by molar-refractivity contribution is -0.149. The minimum absolute atomic E-state index is 0.203. The summed E-state index contributed by atoms with van der Waals surface area (Å²) in [7, 11) is 1.55. The molecular weight excluding hydrogens is 362 g/mol. The number of nitrogens with zero attached hydrogens (tertiary/aromatic N) is 3. The van der Waals surface area contributed by atoms with Crippen LogP contribution in [0.5, 0.6) is 0 Å². The van der Waals surface area contributed by atoms with Gasteiger partial charge < -0.3 is 10.0 Å². The number of amides is 1. The third kappa shape index (κ3) is 5.53. The summed E-state index contributed by atoms with van der Waals surface area (Å²) in [5.41, 5.74) is 3.56. The van der Waals surface area contributed by atoms with Crippen LogP contribution < -0.4 is 0 Å². The SMILES string of the molecule is CSc1nc(C)c(CCC(=O)N(C)C(Cc2ccccc2)C(=O)O)c(C)n1. The van der Waals surface area contributed by atoms with E-state index in [9.17, 15) is 14.7 Å². The Bertz CT molecular complexity index is 788. The van der Waals surface area contributed by atoms with Crippen molar-refractivity contribution in [3.05, 3.63) is 52.8 Å². The van der Waals surface area contributed by atoms with Crippen LogP contribution in [0.15, 0.2) is 35.5 Å². The third-order valence-corrected chi connectivity index (χ3v) is 5.14. The van der Waals surface area contributed by atoms with Gasteiger partial charge in [-0.05, 0) is 37.7 Å². The van der Waals surface area contributed by atoms with E-state index in [-0.39, 0.29) is 18.7 Å². The summed E-state index contributed by atoms with van der Waals surface area (Å²) in [4.78, 5) is 34.5. The minimum atomic E-state index is -1.00. The zero-order valence-electron chi connectivity index (χ0n) is 16.1. The predicted molar refractivity (Wildman–Crippen MR) is 106 cm³/mol. The first kappa shape index (κ1) is 20.9. The Morgan fingerprint density at radius 1 is 1.15 bits per heavy atom. The number of carbonyl (C=O) groups is 2. The van der Waals surface area contributed by atoms with Crippen LogP contribution >= 0.6 is 11.8 Å². The maximum Gasteiger partial charge on any atom is 0.326 e. The highest BCUT2D eigenvalue weighted by molar-refractivity contribution is 7.98. The fraction of sp³-hybridized carbons (Fsp3) is 0.400. The zero-order valence-corrected chi connectivity index (χ0v) is 16.9. The third-order valence-electron chi connectivity index (χ3n) is 4.59. The zero-order chi connectivity index (χ0) is 20.0. The van der Waals surface area contributed by atoms with E-state index >= 15 is 0 Å². The van der Waals surface area contributed by atoms with Crippen molar-refractivity contribution in [1.29, 1.82) is 0 Å². The highest BCUT2D eigenvalue weighted by atomic mass is 32.2. The van der Waals surface area contributed by atoms with Crippen molar-refractivity contribution < 1.29 is 14.7 Å². The topological polar surface area (TPSA) is 83.4 Å². The number of aromatic nitrogens is 2. The number of likely N-dealkylation sites (N-methyl/N-ethyl adjacent to an activating group) is 1. The van der Waals surface area contributed by atoms with E-state index in [1.54, 1.807) is 7.05 Å². The van der Waals surface area contributed by atoms with Crippen LogP contribution in [-0.4, -0.2) is 51.2 Å². The maximum absolute atomic E-state index is 12.6. The number of hydrogen-bond acceptors (Lipinski definition) is 5. The number of thioether (sulfide) groups is 1. The number of aryl methyl sites for hydroxylation is 2. The molecule has 0 saturated carbocycles. The summed E-state index contributed by atoms with van der Waals surface area (Å²) < 4.78 is 0. The second-order valence-electron chi connectivity index (χ2n) is 6.41. The Morgan fingerprint density at radius 3 is 2.26 bits per heavy atom.